The molecule has 3 unspecified atom stereocenters. The van der Waals surface area contributed by atoms with Gasteiger partial charge in [-0.05, 0) is 32.4 Å². The number of ether oxygens (including phenoxy) is 1. The van der Waals surface area contributed by atoms with Crippen molar-refractivity contribution >= 4 is 17.7 Å². The van der Waals surface area contributed by atoms with Gasteiger partial charge in [0, 0.05) is 5.92 Å². The van der Waals surface area contributed by atoms with Crippen LogP contribution in [-0.2, 0) is 19.2 Å². The molecule has 0 bridgehead atoms. The molecule has 0 N–H and O–H groups in total. The molecule has 0 radical (unpaired) electrons. The van der Waals surface area contributed by atoms with E-state index in [0.717, 1.165) is 16.7 Å². The zero-order valence-electron chi connectivity index (χ0n) is 13.4. The highest BCUT2D eigenvalue weighted by molar-refractivity contribution is 6.13. The topological polar surface area (TPSA) is 65.0 Å². The molecule has 0 saturated carbocycles. The van der Waals surface area contributed by atoms with Crippen LogP contribution in [0.5, 0.6) is 0 Å². The predicted octanol–water partition coefficient (Wildman–Crippen LogP) is 2.75. The monoisotopic (exact) mass is 313 g/mol. The Labute approximate surface area is 135 Å². The summed E-state index contributed by atoms with van der Waals surface area (Å²) in [5.41, 5.74) is 3.45. The highest BCUT2D eigenvalue weighted by Gasteiger charge is 2.49. The largest absolute Gasteiger partial charge is 0.466 e. The first-order valence-electron chi connectivity index (χ1n) is 7.73. The van der Waals surface area contributed by atoms with Gasteiger partial charge < -0.3 is 9.57 Å². The molecular formula is C18H19NO4. The summed E-state index contributed by atoms with van der Waals surface area (Å²) in [5, 5.41) is 3.86. The van der Waals surface area contributed by atoms with Crippen molar-refractivity contribution in [3.05, 3.63) is 47.0 Å². The first kappa shape index (κ1) is 15.5. The van der Waals surface area contributed by atoms with E-state index in [1.54, 1.807) is 13.0 Å². The number of fused-ring (bicyclic) bond motifs is 1. The van der Waals surface area contributed by atoms with Crippen LogP contribution in [-0.4, -0.2) is 24.3 Å². The van der Waals surface area contributed by atoms with E-state index >= 15 is 0 Å². The summed E-state index contributed by atoms with van der Waals surface area (Å²) >= 11 is 0. The second-order valence-electron chi connectivity index (χ2n) is 5.96. The van der Waals surface area contributed by atoms with E-state index in [2.05, 4.69) is 5.16 Å². The number of esters is 1. The van der Waals surface area contributed by atoms with E-state index in [1.807, 2.05) is 38.1 Å². The van der Waals surface area contributed by atoms with Gasteiger partial charge in [0.1, 0.15) is 5.92 Å². The predicted molar refractivity (Wildman–Crippen MR) is 84.8 cm³/mol. The fourth-order valence-electron chi connectivity index (χ4n) is 3.32. The van der Waals surface area contributed by atoms with Gasteiger partial charge in [-0.2, -0.15) is 0 Å². The van der Waals surface area contributed by atoms with Crippen LogP contribution in [0.25, 0.3) is 0 Å². The van der Waals surface area contributed by atoms with Crippen LogP contribution in [0.3, 0.4) is 0 Å². The molecule has 0 amide bonds. The zero-order chi connectivity index (χ0) is 16.6. The van der Waals surface area contributed by atoms with Crippen molar-refractivity contribution < 1.29 is 19.2 Å². The lowest BCUT2D eigenvalue weighted by Gasteiger charge is -2.33. The average Bonchev–Trinajstić information content (AvgIpc) is 2.88. The summed E-state index contributed by atoms with van der Waals surface area (Å²) in [6.07, 6.45) is 1.77. The summed E-state index contributed by atoms with van der Waals surface area (Å²) in [5.74, 6) is -2.15. The molecule has 1 aliphatic heterocycles. The molecule has 5 nitrogen and oxygen atoms in total. The Hall–Kier alpha value is -2.43. The normalized spacial score (nSPS) is 26.0. The Morgan fingerprint density at radius 2 is 1.96 bits per heavy atom. The number of carbonyl (C=O) groups excluding carboxylic acids is 2. The van der Waals surface area contributed by atoms with Crippen molar-refractivity contribution in [2.45, 2.75) is 26.7 Å². The van der Waals surface area contributed by atoms with Crippen LogP contribution in [0.4, 0.5) is 0 Å². The Bertz CT molecular complexity index is 702. The van der Waals surface area contributed by atoms with Crippen LogP contribution in [0.2, 0.25) is 0 Å². The highest BCUT2D eigenvalue weighted by atomic mass is 16.7. The van der Waals surface area contributed by atoms with Gasteiger partial charge in [0.15, 0.2) is 0 Å². The fraction of sp³-hybridized carbons (Fsp3) is 0.389. The first-order valence-corrected chi connectivity index (χ1v) is 7.73. The fourth-order valence-corrected chi connectivity index (χ4v) is 3.32. The lowest BCUT2D eigenvalue weighted by Crippen LogP contribution is -2.39. The van der Waals surface area contributed by atoms with Crippen molar-refractivity contribution in [1.29, 1.82) is 0 Å². The Kier molecular flexibility index (Phi) is 4.03. The van der Waals surface area contributed by atoms with Crippen molar-refractivity contribution in [1.82, 2.24) is 0 Å². The third kappa shape index (κ3) is 2.67. The number of aryl methyl sites for hydroxylation is 1. The molecule has 1 heterocycles. The van der Waals surface area contributed by atoms with Crippen molar-refractivity contribution in [3.63, 3.8) is 0 Å². The van der Waals surface area contributed by atoms with Gasteiger partial charge in [0.05, 0.1) is 18.2 Å². The summed E-state index contributed by atoms with van der Waals surface area (Å²) in [6.45, 7) is 5.94. The maximum atomic E-state index is 12.5. The number of oxime groups is 1. The van der Waals surface area contributed by atoms with E-state index in [1.165, 1.54) is 0 Å². The van der Waals surface area contributed by atoms with Gasteiger partial charge in [-0.1, -0.05) is 40.6 Å². The van der Waals surface area contributed by atoms with E-state index < -0.39 is 17.8 Å². The zero-order valence-corrected chi connectivity index (χ0v) is 13.4. The molecule has 1 aliphatic carbocycles. The molecule has 3 atom stereocenters. The van der Waals surface area contributed by atoms with Gasteiger partial charge in [0.25, 0.3) is 0 Å². The molecule has 0 aromatic heterocycles. The molecule has 3 rings (SSSR count). The van der Waals surface area contributed by atoms with Gasteiger partial charge in [0.2, 0.25) is 0 Å². The highest BCUT2D eigenvalue weighted by Crippen LogP contribution is 2.44. The summed E-state index contributed by atoms with van der Waals surface area (Å²) in [6, 6.07) is 7.85. The average molecular weight is 313 g/mol. The van der Waals surface area contributed by atoms with E-state index in [4.69, 9.17) is 9.57 Å². The molecule has 1 aromatic carbocycles. The number of benzene rings is 1. The first-order chi connectivity index (χ1) is 11.0. The number of allylic oxidation sites excluding steroid dienone is 1. The Morgan fingerprint density at radius 1 is 1.26 bits per heavy atom. The van der Waals surface area contributed by atoms with E-state index in [0.29, 0.717) is 12.3 Å². The third-order valence-electron chi connectivity index (χ3n) is 4.40. The number of hydrogen-bond donors (Lipinski definition) is 0. The summed E-state index contributed by atoms with van der Waals surface area (Å²) in [7, 11) is 0. The van der Waals surface area contributed by atoms with Gasteiger partial charge >= 0.3 is 11.9 Å². The summed E-state index contributed by atoms with van der Waals surface area (Å²) < 4.78 is 5.24. The lowest BCUT2D eigenvalue weighted by molar-refractivity contribution is -0.149. The van der Waals surface area contributed by atoms with Gasteiger partial charge in [-0.25, -0.2) is 4.79 Å². The van der Waals surface area contributed by atoms with Gasteiger partial charge in [-0.3, -0.25) is 4.79 Å². The maximum Gasteiger partial charge on any atom is 0.344 e. The molecule has 0 saturated heterocycles. The SMILES string of the molecule is CCOC(=O)C1C(C)=CC2=NOC(=O)C2C1c1ccc(C)cc1. The Balaban J connectivity index is 2.10. The number of carbonyl (C=O) groups is 2. The molecule has 0 spiro atoms. The number of hydrogen-bond acceptors (Lipinski definition) is 5. The second-order valence-corrected chi connectivity index (χ2v) is 5.96. The summed E-state index contributed by atoms with van der Waals surface area (Å²) in [4.78, 5) is 29.5. The maximum absolute atomic E-state index is 12.5. The molecule has 1 aromatic rings. The lowest BCUT2D eigenvalue weighted by atomic mass is 9.68. The van der Waals surface area contributed by atoms with E-state index in [-0.39, 0.29) is 11.9 Å². The standard InChI is InChI=1S/C18H19NO4/c1-4-22-17(20)14-11(3)9-13-16(18(21)23-19-13)15(14)12-7-5-10(2)6-8-12/h5-9,14-16H,4H2,1-3H3. The minimum atomic E-state index is -0.559. The second kappa shape index (κ2) is 5.99. The quantitative estimate of drug-likeness (QED) is 0.636. The Morgan fingerprint density at radius 3 is 2.61 bits per heavy atom. The molecule has 2 aliphatic rings. The minimum absolute atomic E-state index is 0.305. The van der Waals surface area contributed by atoms with Crippen molar-refractivity contribution in [2.75, 3.05) is 6.61 Å². The van der Waals surface area contributed by atoms with Crippen LogP contribution >= 0.6 is 0 Å². The van der Waals surface area contributed by atoms with Crippen LogP contribution < -0.4 is 0 Å². The van der Waals surface area contributed by atoms with Crippen LogP contribution in [0.1, 0.15) is 30.9 Å². The van der Waals surface area contributed by atoms with Gasteiger partial charge in [-0.15, -0.1) is 0 Å². The van der Waals surface area contributed by atoms with Crippen molar-refractivity contribution in [2.24, 2.45) is 17.0 Å². The molecule has 5 heteroatoms. The van der Waals surface area contributed by atoms with E-state index in [9.17, 15) is 9.59 Å². The molecule has 0 fully saturated rings. The van der Waals surface area contributed by atoms with Crippen molar-refractivity contribution in [3.8, 4) is 0 Å². The van der Waals surface area contributed by atoms with Crippen LogP contribution in [0.15, 0.2) is 41.1 Å². The third-order valence-corrected chi connectivity index (χ3v) is 4.40. The van der Waals surface area contributed by atoms with Crippen LogP contribution in [0, 0.1) is 18.8 Å². The number of nitrogens with zero attached hydrogens (tertiary/aromatic N) is 1. The molecule has 120 valence electrons. The smallest absolute Gasteiger partial charge is 0.344 e. The minimum Gasteiger partial charge on any atom is -0.466 e. The number of rotatable bonds is 3. The molecular weight excluding hydrogens is 294 g/mol. The molecule has 23 heavy (non-hydrogen) atoms.